The molecule has 6 heteroatoms. The monoisotopic (exact) mass is 301 g/mol. The Bertz CT molecular complexity index is 523. The minimum absolute atomic E-state index is 0. The van der Waals surface area contributed by atoms with Gasteiger partial charge in [-0.15, -0.1) is 12.4 Å². The molecule has 1 aromatic carbocycles. The normalized spacial score (nSPS) is 11.2. The maximum atomic E-state index is 5.83. The average molecular weight is 302 g/mol. The van der Waals surface area contributed by atoms with E-state index in [2.05, 4.69) is 10.1 Å². The fourth-order valence-corrected chi connectivity index (χ4v) is 1.60. The number of nitrogens with zero attached hydrogens (tertiary/aromatic N) is 2. The number of nitrogens with two attached hydrogens (primary N) is 1. The molecule has 19 heavy (non-hydrogen) atoms. The van der Waals surface area contributed by atoms with E-state index in [1.807, 2.05) is 38.1 Å². The SMILES string of the molecule is CC(C)(CN)c1nc(Cc2ccc(Cl)cc2)no1.Cl. The molecule has 4 nitrogen and oxygen atoms in total. The largest absolute Gasteiger partial charge is 0.339 e. The average Bonchev–Trinajstić information content (AvgIpc) is 2.81. The summed E-state index contributed by atoms with van der Waals surface area (Å²) in [5.41, 5.74) is 6.48. The van der Waals surface area contributed by atoms with Gasteiger partial charge in [-0.2, -0.15) is 4.98 Å². The van der Waals surface area contributed by atoms with E-state index in [9.17, 15) is 0 Å². The van der Waals surface area contributed by atoms with Gasteiger partial charge in [0.2, 0.25) is 5.89 Å². The first-order valence-corrected chi connectivity index (χ1v) is 6.16. The van der Waals surface area contributed by atoms with Crippen molar-refractivity contribution >= 4 is 24.0 Å². The van der Waals surface area contributed by atoms with Gasteiger partial charge in [-0.1, -0.05) is 28.9 Å². The molecule has 1 heterocycles. The topological polar surface area (TPSA) is 64.9 Å². The van der Waals surface area contributed by atoms with Crippen LogP contribution < -0.4 is 5.73 Å². The second-order valence-electron chi connectivity index (χ2n) is 4.91. The number of rotatable bonds is 4. The zero-order chi connectivity index (χ0) is 13.2. The maximum absolute atomic E-state index is 5.83. The van der Waals surface area contributed by atoms with E-state index in [0.29, 0.717) is 24.7 Å². The van der Waals surface area contributed by atoms with Crippen molar-refractivity contribution in [3.05, 3.63) is 46.6 Å². The van der Waals surface area contributed by atoms with Crippen LogP contribution in [-0.4, -0.2) is 16.7 Å². The third kappa shape index (κ3) is 3.93. The van der Waals surface area contributed by atoms with Crippen LogP contribution in [0.25, 0.3) is 0 Å². The zero-order valence-electron chi connectivity index (χ0n) is 10.9. The van der Waals surface area contributed by atoms with E-state index in [1.165, 1.54) is 0 Å². The van der Waals surface area contributed by atoms with Crippen molar-refractivity contribution in [1.82, 2.24) is 10.1 Å². The summed E-state index contributed by atoms with van der Waals surface area (Å²) < 4.78 is 5.25. The molecule has 0 aliphatic rings. The summed E-state index contributed by atoms with van der Waals surface area (Å²) in [5.74, 6) is 1.24. The Labute approximate surface area is 123 Å². The predicted molar refractivity (Wildman–Crippen MR) is 77.9 cm³/mol. The van der Waals surface area contributed by atoms with Crippen molar-refractivity contribution < 1.29 is 4.52 Å². The third-order valence-corrected chi connectivity index (χ3v) is 3.08. The Balaban J connectivity index is 0.00000180. The van der Waals surface area contributed by atoms with E-state index in [-0.39, 0.29) is 17.8 Å². The summed E-state index contributed by atoms with van der Waals surface area (Å²) >= 11 is 5.83. The second kappa shape index (κ2) is 6.37. The quantitative estimate of drug-likeness (QED) is 0.943. The molecule has 104 valence electrons. The number of hydrogen-bond donors (Lipinski definition) is 1. The smallest absolute Gasteiger partial charge is 0.233 e. The Kier molecular flexibility index (Phi) is 5.35. The van der Waals surface area contributed by atoms with E-state index in [4.69, 9.17) is 21.9 Å². The molecular formula is C13H17Cl2N3O. The molecule has 0 amide bonds. The Morgan fingerprint density at radius 2 is 1.89 bits per heavy atom. The van der Waals surface area contributed by atoms with Crippen LogP contribution in [-0.2, 0) is 11.8 Å². The molecule has 0 spiro atoms. The first-order valence-electron chi connectivity index (χ1n) is 5.79. The minimum atomic E-state index is -0.286. The molecular weight excluding hydrogens is 285 g/mol. The molecule has 0 fully saturated rings. The Morgan fingerprint density at radius 1 is 1.26 bits per heavy atom. The fraction of sp³-hybridized carbons (Fsp3) is 0.385. The predicted octanol–water partition coefficient (Wildman–Crippen LogP) is 2.97. The Morgan fingerprint density at radius 3 is 2.47 bits per heavy atom. The number of hydrogen-bond acceptors (Lipinski definition) is 4. The van der Waals surface area contributed by atoms with Crippen molar-refractivity contribution in [2.24, 2.45) is 5.73 Å². The van der Waals surface area contributed by atoms with Crippen LogP contribution in [0.2, 0.25) is 5.02 Å². The van der Waals surface area contributed by atoms with E-state index >= 15 is 0 Å². The zero-order valence-corrected chi connectivity index (χ0v) is 12.5. The first kappa shape index (κ1) is 16.0. The highest BCUT2D eigenvalue weighted by atomic mass is 35.5. The molecule has 0 radical (unpaired) electrons. The lowest BCUT2D eigenvalue weighted by molar-refractivity contribution is 0.309. The van der Waals surface area contributed by atoms with Gasteiger partial charge in [0, 0.05) is 18.0 Å². The first-order chi connectivity index (χ1) is 8.51. The lowest BCUT2D eigenvalue weighted by atomic mass is 9.94. The molecule has 1 aromatic heterocycles. The summed E-state index contributed by atoms with van der Waals surface area (Å²) in [5, 5.41) is 4.69. The van der Waals surface area contributed by atoms with Crippen LogP contribution in [0.1, 0.15) is 31.1 Å². The van der Waals surface area contributed by atoms with Crippen LogP contribution in [0.4, 0.5) is 0 Å². The third-order valence-electron chi connectivity index (χ3n) is 2.83. The molecule has 0 atom stereocenters. The van der Waals surface area contributed by atoms with Gasteiger partial charge in [0.25, 0.3) is 0 Å². The second-order valence-corrected chi connectivity index (χ2v) is 5.34. The van der Waals surface area contributed by atoms with Gasteiger partial charge < -0.3 is 10.3 Å². The van der Waals surface area contributed by atoms with Crippen LogP contribution in [0.5, 0.6) is 0 Å². The van der Waals surface area contributed by atoms with Crippen molar-refractivity contribution in [2.75, 3.05) is 6.54 Å². The number of aromatic nitrogens is 2. The summed E-state index contributed by atoms with van der Waals surface area (Å²) in [6, 6.07) is 7.60. The molecule has 0 aliphatic heterocycles. The van der Waals surface area contributed by atoms with Crippen molar-refractivity contribution in [1.29, 1.82) is 0 Å². The van der Waals surface area contributed by atoms with Crippen molar-refractivity contribution in [2.45, 2.75) is 25.7 Å². The number of benzene rings is 1. The summed E-state index contributed by atoms with van der Waals surface area (Å²) in [6.45, 7) is 4.43. The van der Waals surface area contributed by atoms with Crippen LogP contribution in [0.3, 0.4) is 0 Å². The standard InChI is InChI=1S/C13H16ClN3O.ClH/c1-13(2,8-15)12-16-11(17-18-12)7-9-3-5-10(14)6-4-9;/h3-6H,7-8,15H2,1-2H3;1H. The summed E-state index contributed by atoms with van der Waals surface area (Å²) in [6.07, 6.45) is 0.626. The van der Waals surface area contributed by atoms with E-state index < -0.39 is 0 Å². The highest BCUT2D eigenvalue weighted by Crippen LogP contribution is 2.20. The molecule has 0 aliphatic carbocycles. The fourth-order valence-electron chi connectivity index (χ4n) is 1.47. The van der Waals surface area contributed by atoms with Crippen molar-refractivity contribution in [3.63, 3.8) is 0 Å². The maximum Gasteiger partial charge on any atom is 0.233 e. The summed E-state index contributed by atoms with van der Waals surface area (Å²) in [4.78, 5) is 4.38. The molecule has 2 N–H and O–H groups in total. The van der Waals surface area contributed by atoms with Crippen LogP contribution in [0, 0.1) is 0 Å². The summed E-state index contributed by atoms with van der Waals surface area (Å²) in [7, 11) is 0. The lowest BCUT2D eigenvalue weighted by Gasteiger charge is -2.15. The molecule has 2 rings (SSSR count). The van der Waals surface area contributed by atoms with Crippen LogP contribution >= 0.6 is 24.0 Å². The van der Waals surface area contributed by atoms with Gasteiger partial charge in [-0.05, 0) is 31.5 Å². The van der Waals surface area contributed by atoms with Gasteiger partial charge in [-0.25, -0.2) is 0 Å². The highest BCUT2D eigenvalue weighted by Gasteiger charge is 2.25. The van der Waals surface area contributed by atoms with Gasteiger partial charge in [0.15, 0.2) is 5.82 Å². The molecule has 0 saturated carbocycles. The lowest BCUT2D eigenvalue weighted by Crippen LogP contribution is -2.28. The molecule has 2 aromatic rings. The molecule has 0 unspecified atom stereocenters. The van der Waals surface area contributed by atoms with Crippen molar-refractivity contribution in [3.8, 4) is 0 Å². The van der Waals surface area contributed by atoms with Gasteiger partial charge >= 0.3 is 0 Å². The van der Waals surface area contributed by atoms with Gasteiger partial charge in [0.05, 0.1) is 5.41 Å². The van der Waals surface area contributed by atoms with E-state index in [1.54, 1.807) is 0 Å². The van der Waals surface area contributed by atoms with Gasteiger partial charge in [0.1, 0.15) is 0 Å². The Hall–Kier alpha value is -1.10. The van der Waals surface area contributed by atoms with Gasteiger partial charge in [-0.3, -0.25) is 0 Å². The van der Waals surface area contributed by atoms with E-state index in [0.717, 1.165) is 10.6 Å². The molecule has 0 bridgehead atoms. The van der Waals surface area contributed by atoms with Crippen LogP contribution in [0.15, 0.2) is 28.8 Å². The molecule has 0 saturated heterocycles. The number of halogens is 2. The minimum Gasteiger partial charge on any atom is -0.339 e. The highest BCUT2D eigenvalue weighted by molar-refractivity contribution is 6.30.